The topological polar surface area (TPSA) is 96.9 Å². The number of carbonyl (C=O) groups excluding carboxylic acids is 1. The van der Waals surface area contributed by atoms with Crippen LogP contribution in [0.15, 0.2) is 24.3 Å². The van der Waals surface area contributed by atoms with E-state index in [1.165, 1.54) is 0 Å². The third-order valence-electron chi connectivity index (χ3n) is 2.23. The van der Waals surface area contributed by atoms with Gasteiger partial charge >= 0.3 is 12.0 Å². The average Bonchev–Trinajstić information content (AvgIpc) is 2.40. The number of ether oxygens (including phenoxy) is 2. The number of benzene rings is 1. The van der Waals surface area contributed by atoms with Crippen molar-refractivity contribution in [2.24, 2.45) is 0 Å². The Bertz CT molecular complexity index is 450. The highest BCUT2D eigenvalue weighted by Gasteiger charge is 2.05. The van der Waals surface area contributed by atoms with Gasteiger partial charge in [-0.1, -0.05) is 12.1 Å². The van der Waals surface area contributed by atoms with Gasteiger partial charge in [0.25, 0.3) is 0 Å². The third-order valence-corrected chi connectivity index (χ3v) is 2.23. The number of carboxylic acids is 1. The highest BCUT2D eigenvalue weighted by Crippen LogP contribution is 2.25. The summed E-state index contributed by atoms with van der Waals surface area (Å²) in [5.41, 5.74) is 0. The summed E-state index contributed by atoms with van der Waals surface area (Å²) < 4.78 is 10.7. The van der Waals surface area contributed by atoms with Crippen LogP contribution < -0.4 is 20.1 Å². The van der Waals surface area contributed by atoms with Crippen molar-refractivity contribution in [3.05, 3.63) is 24.3 Å². The second-order valence-electron chi connectivity index (χ2n) is 3.74. The molecule has 0 aliphatic carbocycles. The van der Waals surface area contributed by atoms with Crippen LogP contribution in [0.3, 0.4) is 0 Å². The molecule has 0 radical (unpaired) electrons. The monoisotopic (exact) mass is 282 g/mol. The van der Waals surface area contributed by atoms with Gasteiger partial charge in [-0.25, -0.2) is 4.79 Å². The van der Waals surface area contributed by atoms with E-state index in [1.54, 1.807) is 18.2 Å². The number of hydrogen-bond acceptors (Lipinski definition) is 4. The fourth-order valence-electron chi connectivity index (χ4n) is 1.37. The van der Waals surface area contributed by atoms with Crippen LogP contribution in [-0.4, -0.2) is 37.0 Å². The van der Waals surface area contributed by atoms with Gasteiger partial charge in [-0.2, -0.15) is 0 Å². The van der Waals surface area contributed by atoms with E-state index in [0.29, 0.717) is 18.1 Å². The molecule has 0 aliphatic rings. The zero-order valence-corrected chi connectivity index (χ0v) is 11.2. The van der Waals surface area contributed by atoms with Gasteiger partial charge in [0.05, 0.1) is 13.0 Å². The second kappa shape index (κ2) is 8.63. The van der Waals surface area contributed by atoms with Gasteiger partial charge in [-0.3, -0.25) is 4.79 Å². The number of aliphatic carboxylic acids is 1. The number of rotatable bonds is 8. The Kier molecular flexibility index (Phi) is 6.74. The molecule has 0 saturated heterocycles. The Morgan fingerprint density at radius 2 is 1.80 bits per heavy atom. The average molecular weight is 282 g/mol. The molecule has 3 N–H and O–H groups in total. The lowest BCUT2D eigenvalue weighted by molar-refractivity contribution is -0.136. The molecule has 0 aromatic heterocycles. The lowest BCUT2D eigenvalue weighted by Gasteiger charge is -2.12. The Labute approximate surface area is 116 Å². The van der Waals surface area contributed by atoms with Crippen molar-refractivity contribution < 1.29 is 24.2 Å². The maximum atomic E-state index is 11.3. The molecule has 0 unspecified atom stereocenters. The van der Waals surface area contributed by atoms with Crippen LogP contribution in [0, 0.1) is 0 Å². The maximum absolute atomic E-state index is 11.3. The molecule has 7 nitrogen and oxygen atoms in total. The fourth-order valence-corrected chi connectivity index (χ4v) is 1.37. The standard InChI is InChI=1S/C13H18N2O5/c1-2-19-10-5-3-4-6-11(10)20-9-15-13(18)14-8-7-12(16)17/h3-6H,2,7-9H2,1H3,(H,16,17)(H2,14,15,18). The first kappa shape index (κ1) is 15.6. The molecule has 2 amide bonds. The van der Waals surface area contributed by atoms with Crippen molar-refractivity contribution in [1.82, 2.24) is 10.6 Å². The molecule has 0 saturated carbocycles. The summed E-state index contributed by atoms with van der Waals surface area (Å²) in [7, 11) is 0. The number of carbonyl (C=O) groups is 2. The molecular weight excluding hydrogens is 264 g/mol. The first-order chi connectivity index (χ1) is 9.63. The molecule has 7 heteroatoms. The summed E-state index contributed by atoms with van der Waals surface area (Å²) in [5.74, 6) is 0.162. The predicted octanol–water partition coefficient (Wildman–Crippen LogP) is 1.20. The largest absolute Gasteiger partial charge is 0.490 e. The molecule has 20 heavy (non-hydrogen) atoms. The Hall–Kier alpha value is -2.44. The van der Waals surface area contributed by atoms with Crippen LogP contribution in [0.5, 0.6) is 11.5 Å². The van der Waals surface area contributed by atoms with Crippen molar-refractivity contribution in [2.75, 3.05) is 19.9 Å². The van der Waals surface area contributed by atoms with E-state index in [0.717, 1.165) is 0 Å². The Balaban J connectivity index is 2.30. The molecule has 0 spiro atoms. The third kappa shape index (κ3) is 5.94. The minimum atomic E-state index is -0.966. The fraction of sp³-hybridized carbons (Fsp3) is 0.385. The van der Waals surface area contributed by atoms with Gasteiger partial charge in [-0.15, -0.1) is 0 Å². The van der Waals surface area contributed by atoms with E-state index < -0.39 is 12.0 Å². The first-order valence-electron chi connectivity index (χ1n) is 6.21. The zero-order chi connectivity index (χ0) is 14.8. The summed E-state index contributed by atoms with van der Waals surface area (Å²) in [5, 5.41) is 13.3. The Morgan fingerprint density at radius 3 is 2.40 bits per heavy atom. The SMILES string of the molecule is CCOc1ccccc1OCNC(=O)NCCC(=O)O. The zero-order valence-electron chi connectivity index (χ0n) is 11.2. The minimum absolute atomic E-state index is 0.0387. The number of nitrogens with one attached hydrogen (secondary N) is 2. The summed E-state index contributed by atoms with van der Waals surface area (Å²) in [6, 6.07) is 6.63. The highest BCUT2D eigenvalue weighted by molar-refractivity contribution is 5.74. The molecule has 0 fully saturated rings. The van der Waals surface area contributed by atoms with Crippen LogP contribution >= 0.6 is 0 Å². The van der Waals surface area contributed by atoms with Crippen LogP contribution in [0.25, 0.3) is 0 Å². The first-order valence-corrected chi connectivity index (χ1v) is 6.21. The molecule has 0 bridgehead atoms. The van der Waals surface area contributed by atoms with Crippen molar-refractivity contribution in [3.8, 4) is 11.5 Å². The highest BCUT2D eigenvalue weighted by atomic mass is 16.5. The van der Waals surface area contributed by atoms with Crippen LogP contribution in [0.2, 0.25) is 0 Å². The number of urea groups is 1. The van der Waals surface area contributed by atoms with Crippen molar-refractivity contribution in [3.63, 3.8) is 0 Å². The van der Waals surface area contributed by atoms with Gasteiger partial charge < -0.3 is 25.2 Å². The summed E-state index contributed by atoms with van der Waals surface area (Å²) in [6.45, 7) is 2.41. The number of para-hydroxylation sites is 2. The summed E-state index contributed by atoms with van der Waals surface area (Å²) in [4.78, 5) is 21.6. The van der Waals surface area contributed by atoms with E-state index in [-0.39, 0.29) is 19.7 Å². The van der Waals surface area contributed by atoms with Gasteiger partial charge in [0.1, 0.15) is 0 Å². The van der Waals surface area contributed by atoms with Crippen molar-refractivity contribution >= 4 is 12.0 Å². The van der Waals surface area contributed by atoms with E-state index in [4.69, 9.17) is 14.6 Å². The lowest BCUT2D eigenvalue weighted by Crippen LogP contribution is -2.38. The Morgan fingerprint density at radius 1 is 1.15 bits per heavy atom. The number of carboxylic acid groups (broad SMARTS) is 1. The van der Waals surface area contributed by atoms with Gasteiger partial charge in [-0.05, 0) is 19.1 Å². The van der Waals surface area contributed by atoms with Crippen LogP contribution in [0.4, 0.5) is 4.79 Å². The summed E-state index contributed by atoms with van der Waals surface area (Å²) in [6.07, 6.45) is -0.124. The van der Waals surface area contributed by atoms with E-state index >= 15 is 0 Å². The van der Waals surface area contributed by atoms with Crippen molar-refractivity contribution in [2.45, 2.75) is 13.3 Å². The van der Waals surface area contributed by atoms with Gasteiger partial charge in [0.15, 0.2) is 18.2 Å². The molecule has 0 atom stereocenters. The molecule has 1 aromatic rings. The molecule has 110 valence electrons. The molecule has 1 aromatic carbocycles. The van der Waals surface area contributed by atoms with Gasteiger partial charge in [0.2, 0.25) is 0 Å². The smallest absolute Gasteiger partial charge is 0.317 e. The quantitative estimate of drug-likeness (QED) is 0.622. The summed E-state index contributed by atoms with van der Waals surface area (Å²) >= 11 is 0. The van der Waals surface area contributed by atoms with Crippen molar-refractivity contribution in [1.29, 1.82) is 0 Å². The predicted molar refractivity (Wildman–Crippen MR) is 71.9 cm³/mol. The molecule has 0 aliphatic heterocycles. The minimum Gasteiger partial charge on any atom is -0.490 e. The molecular formula is C13H18N2O5. The van der Waals surface area contributed by atoms with E-state index in [9.17, 15) is 9.59 Å². The van der Waals surface area contributed by atoms with E-state index in [2.05, 4.69) is 10.6 Å². The lowest BCUT2D eigenvalue weighted by atomic mass is 10.3. The van der Waals surface area contributed by atoms with Crippen LogP contribution in [0.1, 0.15) is 13.3 Å². The second-order valence-corrected chi connectivity index (χ2v) is 3.74. The molecule has 1 rings (SSSR count). The number of amides is 2. The number of hydrogen-bond donors (Lipinski definition) is 3. The van der Waals surface area contributed by atoms with Gasteiger partial charge in [0, 0.05) is 6.54 Å². The normalized spacial score (nSPS) is 9.65. The maximum Gasteiger partial charge on any atom is 0.317 e. The molecule has 0 heterocycles. The van der Waals surface area contributed by atoms with Crippen LogP contribution in [-0.2, 0) is 4.79 Å². The van der Waals surface area contributed by atoms with E-state index in [1.807, 2.05) is 13.0 Å².